The second-order valence-corrected chi connectivity index (χ2v) is 12.7. The summed E-state index contributed by atoms with van der Waals surface area (Å²) in [4.78, 5) is 11.8. The van der Waals surface area contributed by atoms with Crippen molar-refractivity contribution in [2.75, 3.05) is 28.6 Å². The van der Waals surface area contributed by atoms with E-state index >= 15 is 0 Å². The summed E-state index contributed by atoms with van der Waals surface area (Å²) in [7, 11) is -7.08. The molecule has 0 unspecified atom stereocenters. The van der Waals surface area contributed by atoms with Crippen LogP contribution in [0.2, 0.25) is 5.02 Å². The van der Waals surface area contributed by atoms with E-state index in [-0.39, 0.29) is 47.6 Å². The minimum Gasteiger partial charge on any atom is -0.482 e. The molecule has 0 aliphatic carbocycles. The van der Waals surface area contributed by atoms with Gasteiger partial charge in [0.15, 0.2) is 6.61 Å². The average molecular weight is 710 g/mol. The lowest BCUT2D eigenvalue weighted by atomic mass is 10.2. The average Bonchev–Trinajstić information content (AvgIpc) is 2.87. The smallest absolute Gasteiger partial charge is 0.416 e. The number of hydrogen-bond donors (Lipinski definition) is 4. The van der Waals surface area contributed by atoms with Crippen LogP contribution in [0.1, 0.15) is 16.7 Å². The third-order valence-corrected chi connectivity index (χ3v) is 6.48. The van der Waals surface area contributed by atoms with Crippen LogP contribution in [0.25, 0.3) is 0 Å². The van der Waals surface area contributed by atoms with Crippen molar-refractivity contribution in [2.45, 2.75) is 19.3 Å². The fourth-order valence-electron chi connectivity index (χ4n) is 3.11. The summed E-state index contributed by atoms with van der Waals surface area (Å²) in [5.74, 6) is -2.18. The molecule has 3 aromatic carbocycles. The maximum atomic E-state index is 13.9. The number of halogens is 7. The van der Waals surface area contributed by atoms with Gasteiger partial charge in [-0.1, -0.05) is 23.7 Å². The summed E-state index contributed by atoms with van der Waals surface area (Å²) in [6.45, 7) is -0.392. The van der Waals surface area contributed by atoms with Gasteiger partial charge in [-0.3, -0.25) is 14.2 Å². The summed E-state index contributed by atoms with van der Waals surface area (Å²) < 4.78 is 118. The molecule has 0 radical (unpaired) electrons. The summed E-state index contributed by atoms with van der Waals surface area (Å²) in [6.07, 6.45) is -2.71. The summed E-state index contributed by atoms with van der Waals surface area (Å²) in [5, 5.41) is 2.12. The van der Waals surface area contributed by atoms with Gasteiger partial charge >= 0.3 is 6.18 Å². The van der Waals surface area contributed by atoms with Gasteiger partial charge in [-0.25, -0.2) is 25.6 Å². The molecular formula is C25H27Cl2F5N4O6S2. The molecule has 0 fully saturated rings. The SMILES string of the molecule is CS(=O)(=O)Nc1ccc(CN)cc1F.CS(=O)(=O)Nc1ccc(CNC(=O)COc2ccc(C(F)(F)F)cc2Cl)cc1F.Cl. The number of nitrogens with two attached hydrogens (primary N) is 1. The maximum Gasteiger partial charge on any atom is 0.416 e. The second-order valence-electron chi connectivity index (χ2n) is 8.79. The van der Waals surface area contributed by atoms with Crippen molar-refractivity contribution in [3.63, 3.8) is 0 Å². The first kappa shape index (κ1) is 38.6. The van der Waals surface area contributed by atoms with E-state index in [1.807, 2.05) is 4.72 Å². The highest BCUT2D eigenvalue weighted by molar-refractivity contribution is 7.92. The highest BCUT2D eigenvalue weighted by Crippen LogP contribution is 2.34. The monoisotopic (exact) mass is 708 g/mol. The number of alkyl halides is 3. The van der Waals surface area contributed by atoms with Crippen molar-refractivity contribution in [2.24, 2.45) is 5.73 Å². The molecule has 44 heavy (non-hydrogen) atoms. The Morgan fingerprint density at radius 1 is 0.864 bits per heavy atom. The fraction of sp³-hybridized carbons (Fsp3) is 0.240. The van der Waals surface area contributed by atoms with Crippen LogP contribution >= 0.6 is 24.0 Å². The minimum absolute atomic E-state index is 0. The van der Waals surface area contributed by atoms with Gasteiger partial charge in [-0.2, -0.15) is 13.2 Å². The molecule has 0 atom stereocenters. The van der Waals surface area contributed by atoms with Crippen LogP contribution in [0.4, 0.5) is 33.3 Å². The Morgan fingerprint density at radius 2 is 1.36 bits per heavy atom. The van der Waals surface area contributed by atoms with Gasteiger partial charge < -0.3 is 15.8 Å². The molecule has 19 heteroatoms. The Kier molecular flexibility index (Phi) is 14.1. The van der Waals surface area contributed by atoms with E-state index in [0.29, 0.717) is 17.2 Å². The zero-order valence-corrected chi connectivity index (χ0v) is 26.0. The summed E-state index contributed by atoms with van der Waals surface area (Å²) in [6, 6.07) is 10.2. The number of nitrogens with one attached hydrogen (secondary N) is 3. The molecule has 3 rings (SSSR count). The van der Waals surface area contributed by atoms with Crippen LogP contribution < -0.4 is 25.2 Å². The minimum atomic E-state index is -4.55. The van der Waals surface area contributed by atoms with Crippen LogP contribution in [0, 0.1) is 11.6 Å². The number of rotatable bonds is 10. The van der Waals surface area contributed by atoms with Crippen molar-refractivity contribution in [1.82, 2.24) is 5.32 Å². The van der Waals surface area contributed by atoms with E-state index in [2.05, 4.69) is 10.0 Å². The molecule has 0 saturated heterocycles. The topological polar surface area (TPSA) is 157 Å². The van der Waals surface area contributed by atoms with Gasteiger partial charge in [-0.15, -0.1) is 12.4 Å². The molecular weight excluding hydrogens is 682 g/mol. The molecule has 1 amide bonds. The van der Waals surface area contributed by atoms with E-state index in [1.54, 1.807) is 6.07 Å². The van der Waals surface area contributed by atoms with Crippen molar-refractivity contribution in [1.29, 1.82) is 0 Å². The first-order chi connectivity index (χ1) is 19.8. The third-order valence-electron chi connectivity index (χ3n) is 5.00. The Morgan fingerprint density at radius 3 is 1.80 bits per heavy atom. The molecule has 3 aromatic rings. The van der Waals surface area contributed by atoms with E-state index in [0.717, 1.165) is 30.7 Å². The van der Waals surface area contributed by atoms with Crippen LogP contribution in [-0.2, 0) is 44.1 Å². The number of carbonyl (C=O) groups excluding carboxylic acids is 1. The number of ether oxygens (including phenoxy) is 1. The van der Waals surface area contributed by atoms with Gasteiger partial charge in [-0.05, 0) is 53.6 Å². The first-order valence-corrected chi connectivity index (χ1v) is 15.9. The van der Waals surface area contributed by atoms with Crippen LogP contribution in [-0.4, -0.2) is 41.9 Å². The Bertz CT molecular complexity index is 1680. The van der Waals surface area contributed by atoms with E-state index in [1.165, 1.54) is 24.3 Å². The van der Waals surface area contributed by atoms with E-state index in [4.69, 9.17) is 22.1 Å². The van der Waals surface area contributed by atoms with Gasteiger partial charge in [0.1, 0.15) is 17.4 Å². The molecule has 10 nitrogen and oxygen atoms in total. The lowest BCUT2D eigenvalue weighted by Gasteiger charge is -2.12. The van der Waals surface area contributed by atoms with E-state index < -0.39 is 55.9 Å². The molecule has 0 saturated carbocycles. The van der Waals surface area contributed by atoms with Gasteiger partial charge in [0.2, 0.25) is 20.0 Å². The number of benzene rings is 3. The van der Waals surface area contributed by atoms with E-state index in [9.17, 15) is 43.6 Å². The predicted molar refractivity (Wildman–Crippen MR) is 159 cm³/mol. The number of anilines is 2. The predicted octanol–water partition coefficient (Wildman–Crippen LogP) is 4.64. The van der Waals surface area contributed by atoms with Crippen LogP contribution in [0.15, 0.2) is 54.6 Å². The summed E-state index contributed by atoms with van der Waals surface area (Å²) >= 11 is 5.72. The molecule has 5 N–H and O–H groups in total. The lowest BCUT2D eigenvalue weighted by molar-refractivity contribution is -0.137. The molecule has 0 spiro atoms. The van der Waals surface area contributed by atoms with Crippen molar-refractivity contribution in [3.8, 4) is 5.75 Å². The number of amides is 1. The van der Waals surface area contributed by atoms with Crippen LogP contribution in [0.5, 0.6) is 5.75 Å². The Balaban J connectivity index is 0.000000543. The number of carbonyl (C=O) groups is 1. The van der Waals surface area contributed by atoms with Crippen LogP contribution in [0.3, 0.4) is 0 Å². The fourth-order valence-corrected chi connectivity index (χ4v) is 4.47. The number of hydrogen-bond acceptors (Lipinski definition) is 7. The molecule has 0 aliphatic heterocycles. The second kappa shape index (κ2) is 16.1. The van der Waals surface area contributed by atoms with Crippen molar-refractivity contribution in [3.05, 3.63) is 87.9 Å². The Hall–Kier alpha value is -3.38. The zero-order chi connectivity index (χ0) is 32.6. The normalized spacial score (nSPS) is 11.4. The zero-order valence-electron chi connectivity index (χ0n) is 22.8. The molecule has 0 aromatic heterocycles. The maximum absolute atomic E-state index is 13.9. The summed E-state index contributed by atoms with van der Waals surface area (Å²) in [5.41, 5.74) is 5.01. The van der Waals surface area contributed by atoms with Gasteiger partial charge in [0, 0.05) is 13.1 Å². The Labute approximate surface area is 261 Å². The largest absolute Gasteiger partial charge is 0.482 e. The van der Waals surface area contributed by atoms with Crippen molar-refractivity contribution < 1.29 is 48.3 Å². The van der Waals surface area contributed by atoms with Crippen molar-refractivity contribution >= 4 is 61.3 Å². The highest BCUT2D eigenvalue weighted by atomic mass is 35.5. The lowest BCUT2D eigenvalue weighted by Crippen LogP contribution is -2.28. The van der Waals surface area contributed by atoms with Gasteiger partial charge in [0.05, 0.1) is 34.5 Å². The first-order valence-electron chi connectivity index (χ1n) is 11.8. The molecule has 0 bridgehead atoms. The molecule has 0 heterocycles. The highest BCUT2D eigenvalue weighted by Gasteiger charge is 2.31. The third kappa shape index (κ3) is 13.5. The quantitative estimate of drug-likeness (QED) is 0.224. The number of sulfonamides is 2. The molecule has 244 valence electrons. The standard InChI is InChI=1S/C17H15ClF4N2O4S.C8H11FN2O2S.ClH/c1-29(26,27)24-14-4-2-10(6-13(14)19)8-23-16(25)9-28-15-5-3-11(7-12(15)18)17(20,21)22;1-14(12,13)11-8-3-2-6(5-10)4-7(8)9;/h2-7,24H,8-9H2,1H3,(H,23,25);2-4,11H,5,10H2,1H3;1H. The molecule has 0 aliphatic rings. The van der Waals surface area contributed by atoms with Gasteiger partial charge in [0.25, 0.3) is 5.91 Å².